The van der Waals surface area contributed by atoms with Crippen molar-refractivity contribution in [2.75, 3.05) is 7.11 Å². The van der Waals surface area contributed by atoms with Gasteiger partial charge in [0, 0.05) is 13.5 Å². The van der Waals surface area contributed by atoms with Crippen LogP contribution in [0.4, 0.5) is 0 Å². The number of hydrogen-bond acceptors (Lipinski definition) is 3. The van der Waals surface area contributed by atoms with E-state index >= 15 is 0 Å². The smallest absolute Gasteiger partial charge is 0.146 e. The average molecular weight is 369 g/mol. The lowest BCUT2D eigenvalue weighted by Gasteiger charge is -2.12. The van der Waals surface area contributed by atoms with Gasteiger partial charge >= 0.3 is 0 Å². The molecule has 1 aromatic heterocycles. The summed E-state index contributed by atoms with van der Waals surface area (Å²) >= 11 is 8.34. The highest BCUT2D eigenvalue weighted by atomic mass is 127. The molecule has 1 aromatic rings. The largest absolute Gasteiger partial charge is 0.381 e. The Bertz CT molecular complexity index is 385. The summed E-state index contributed by atoms with van der Waals surface area (Å²) in [6.45, 7) is 6.34. The van der Waals surface area contributed by atoms with Crippen molar-refractivity contribution < 1.29 is 4.74 Å². The fraction of sp³-hybridized carbons (Fsp3) is 0.667. The van der Waals surface area contributed by atoms with Crippen LogP contribution in [-0.4, -0.2) is 23.2 Å². The molecule has 0 saturated carbocycles. The number of aromatic nitrogens is 2. The lowest BCUT2D eigenvalue weighted by molar-refractivity contribution is 0.117. The Morgan fingerprint density at radius 3 is 2.41 bits per heavy atom. The third-order valence-corrected chi connectivity index (χ3v) is 4.13. The van der Waals surface area contributed by atoms with Gasteiger partial charge in [-0.25, -0.2) is 9.97 Å². The minimum atomic E-state index is 0.109. The molecule has 0 saturated heterocycles. The molecule has 1 unspecified atom stereocenters. The number of hydrogen-bond donors (Lipinski definition) is 0. The van der Waals surface area contributed by atoms with Crippen molar-refractivity contribution in [2.45, 2.75) is 39.7 Å². The van der Waals surface area contributed by atoms with Gasteiger partial charge in [0.25, 0.3) is 0 Å². The van der Waals surface area contributed by atoms with Gasteiger partial charge in [-0.05, 0) is 41.9 Å². The predicted octanol–water partition coefficient (Wildman–Crippen LogP) is 3.51. The van der Waals surface area contributed by atoms with Gasteiger partial charge in [0.2, 0.25) is 0 Å². The van der Waals surface area contributed by atoms with E-state index in [4.69, 9.17) is 16.3 Å². The molecule has 96 valence electrons. The van der Waals surface area contributed by atoms with E-state index in [1.807, 2.05) is 6.92 Å². The zero-order chi connectivity index (χ0) is 13.0. The van der Waals surface area contributed by atoms with Crippen molar-refractivity contribution in [3.05, 3.63) is 20.2 Å². The summed E-state index contributed by atoms with van der Waals surface area (Å²) in [5.74, 6) is 1.32. The summed E-state index contributed by atoms with van der Waals surface area (Å²) in [6, 6.07) is 0. The van der Waals surface area contributed by atoms with Gasteiger partial charge in [-0.1, -0.05) is 25.4 Å². The third kappa shape index (κ3) is 4.67. The molecule has 3 nitrogen and oxygen atoms in total. The van der Waals surface area contributed by atoms with Crippen molar-refractivity contribution in [3.8, 4) is 0 Å². The SMILES string of the molecule is COC(C)Cc1nc(Cl)c(I)c(CC(C)C)n1. The van der Waals surface area contributed by atoms with E-state index in [1.54, 1.807) is 7.11 Å². The Morgan fingerprint density at radius 2 is 1.88 bits per heavy atom. The highest BCUT2D eigenvalue weighted by Crippen LogP contribution is 2.22. The van der Waals surface area contributed by atoms with Crippen LogP contribution < -0.4 is 0 Å². The summed E-state index contributed by atoms with van der Waals surface area (Å²) in [7, 11) is 1.69. The fourth-order valence-corrected chi connectivity index (χ4v) is 2.13. The number of ether oxygens (including phenoxy) is 1. The molecule has 1 atom stereocenters. The molecule has 17 heavy (non-hydrogen) atoms. The first-order chi connectivity index (χ1) is 7.93. The lowest BCUT2D eigenvalue weighted by atomic mass is 10.1. The van der Waals surface area contributed by atoms with Crippen LogP contribution in [0.1, 0.15) is 32.3 Å². The second kappa shape index (κ2) is 6.85. The van der Waals surface area contributed by atoms with Gasteiger partial charge in [-0.2, -0.15) is 0 Å². The Morgan fingerprint density at radius 1 is 1.24 bits per heavy atom. The van der Waals surface area contributed by atoms with Gasteiger partial charge in [0.05, 0.1) is 15.4 Å². The van der Waals surface area contributed by atoms with Crippen LogP contribution in [0.3, 0.4) is 0 Å². The Balaban J connectivity index is 2.97. The highest BCUT2D eigenvalue weighted by Gasteiger charge is 2.13. The lowest BCUT2D eigenvalue weighted by Crippen LogP contribution is -2.14. The molecule has 0 aliphatic carbocycles. The molecule has 0 radical (unpaired) electrons. The van der Waals surface area contributed by atoms with Crippen molar-refractivity contribution >= 4 is 34.2 Å². The third-order valence-electron chi connectivity index (χ3n) is 2.40. The van der Waals surface area contributed by atoms with E-state index in [-0.39, 0.29) is 6.10 Å². The molecule has 0 amide bonds. The summed E-state index contributed by atoms with van der Waals surface area (Å²) in [6.07, 6.45) is 1.73. The Kier molecular flexibility index (Phi) is 6.09. The van der Waals surface area contributed by atoms with E-state index in [2.05, 4.69) is 46.4 Å². The molecule has 0 aliphatic heterocycles. The van der Waals surface area contributed by atoms with E-state index in [9.17, 15) is 0 Å². The molecular formula is C12H18ClIN2O. The quantitative estimate of drug-likeness (QED) is 0.589. The van der Waals surface area contributed by atoms with E-state index in [0.717, 1.165) is 21.5 Å². The first-order valence-corrected chi connectivity index (χ1v) is 7.13. The van der Waals surface area contributed by atoms with E-state index in [0.29, 0.717) is 17.5 Å². The average Bonchev–Trinajstić information content (AvgIpc) is 2.24. The Hall–Kier alpha value is 0.0600. The Labute approximate surface area is 121 Å². The molecule has 1 rings (SSSR count). The molecule has 5 heteroatoms. The number of halogens is 2. The van der Waals surface area contributed by atoms with Crippen LogP contribution in [0, 0.1) is 9.49 Å². The van der Waals surface area contributed by atoms with Crippen LogP contribution in [0.5, 0.6) is 0 Å². The summed E-state index contributed by atoms with van der Waals surface area (Å²) in [4.78, 5) is 8.87. The van der Waals surface area contributed by atoms with Crippen LogP contribution >= 0.6 is 34.2 Å². The van der Waals surface area contributed by atoms with E-state index < -0.39 is 0 Å². The van der Waals surface area contributed by atoms with Gasteiger partial charge in [0.1, 0.15) is 11.0 Å². The van der Waals surface area contributed by atoms with E-state index in [1.165, 1.54) is 0 Å². The zero-order valence-electron chi connectivity index (χ0n) is 10.6. The molecule has 0 bridgehead atoms. The second-order valence-electron chi connectivity index (χ2n) is 4.54. The first-order valence-electron chi connectivity index (χ1n) is 5.67. The molecule has 0 fully saturated rings. The maximum atomic E-state index is 6.13. The second-order valence-corrected chi connectivity index (χ2v) is 5.98. The summed E-state index contributed by atoms with van der Waals surface area (Å²) in [5, 5.41) is 0.551. The van der Waals surface area contributed by atoms with Crippen molar-refractivity contribution in [1.82, 2.24) is 9.97 Å². The van der Waals surface area contributed by atoms with Crippen LogP contribution in [0.15, 0.2) is 0 Å². The van der Waals surface area contributed by atoms with Crippen LogP contribution in [0.25, 0.3) is 0 Å². The van der Waals surface area contributed by atoms with Crippen LogP contribution in [0.2, 0.25) is 5.15 Å². The molecular weight excluding hydrogens is 351 g/mol. The number of methoxy groups -OCH3 is 1. The van der Waals surface area contributed by atoms with Gasteiger partial charge in [-0.3, -0.25) is 0 Å². The van der Waals surface area contributed by atoms with Gasteiger partial charge < -0.3 is 4.74 Å². The van der Waals surface area contributed by atoms with Gasteiger partial charge in [-0.15, -0.1) is 0 Å². The van der Waals surface area contributed by atoms with Crippen molar-refractivity contribution in [1.29, 1.82) is 0 Å². The number of nitrogens with zero attached hydrogens (tertiary/aromatic N) is 2. The maximum Gasteiger partial charge on any atom is 0.146 e. The standard InChI is InChI=1S/C12H18ClIN2O/c1-7(2)5-9-11(14)12(13)16-10(15-9)6-8(3)17-4/h7-8H,5-6H2,1-4H3. The molecule has 0 N–H and O–H groups in total. The van der Waals surface area contributed by atoms with Crippen molar-refractivity contribution in [3.63, 3.8) is 0 Å². The minimum Gasteiger partial charge on any atom is -0.381 e. The molecule has 1 heterocycles. The highest BCUT2D eigenvalue weighted by molar-refractivity contribution is 14.1. The molecule has 0 aromatic carbocycles. The molecule has 0 aliphatic rings. The monoisotopic (exact) mass is 368 g/mol. The zero-order valence-corrected chi connectivity index (χ0v) is 13.5. The molecule has 0 spiro atoms. The summed E-state index contributed by atoms with van der Waals surface area (Å²) in [5.41, 5.74) is 1.04. The maximum absolute atomic E-state index is 6.13. The minimum absolute atomic E-state index is 0.109. The normalized spacial score (nSPS) is 13.1. The predicted molar refractivity (Wildman–Crippen MR) is 78.5 cm³/mol. The fourth-order valence-electron chi connectivity index (χ4n) is 1.46. The number of rotatable bonds is 5. The topological polar surface area (TPSA) is 35.0 Å². The first kappa shape index (κ1) is 15.1. The van der Waals surface area contributed by atoms with Crippen LogP contribution in [-0.2, 0) is 17.6 Å². The van der Waals surface area contributed by atoms with Crippen molar-refractivity contribution in [2.24, 2.45) is 5.92 Å². The van der Waals surface area contributed by atoms with Gasteiger partial charge in [0.15, 0.2) is 0 Å². The summed E-state index contributed by atoms with van der Waals surface area (Å²) < 4.78 is 6.18.